The maximum atomic E-state index is 14.5. The summed E-state index contributed by atoms with van der Waals surface area (Å²) >= 11 is 2.44. The SMILES string of the molecule is O=C(CSc1nc2ccccc2c(=O)n1-c1ccccc1F)Nc1nc2ccccc2s1. The third-order valence-electron chi connectivity index (χ3n) is 4.71. The molecule has 0 unspecified atom stereocenters. The van der Waals surface area contributed by atoms with Crippen LogP contribution in [0.15, 0.2) is 82.7 Å². The summed E-state index contributed by atoms with van der Waals surface area (Å²) in [4.78, 5) is 34.7. The molecule has 158 valence electrons. The Hall–Kier alpha value is -3.56. The van der Waals surface area contributed by atoms with Crippen molar-refractivity contribution in [2.75, 3.05) is 11.1 Å². The fraction of sp³-hybridized carbons (Fsp3) is 0.0435. The molecule has 5 aromatic rings. The molecule has 5 rings (SSSR count). The number of benzene rings is 3. The molecular weight excluding hydrogens is 447 g/mol. The predicted octanol–water partition coefficient (Wildman–Crippen LogP) is 4.87. The molecule has 9 heteroatoms. The van der Waals surface area contributed by atoms with Crippen LogP contribution in [0, 0.1) is 5.82 Å². The van der Waals surface area contributed by atoms with Crippen molar-refractivity contribution in [3.8, 4) is 5.69 Å². The fourth-order valence-electron chi connectivity index (χ4n) is 3.27. The molecule has 0 aliphatic rings. The van der Waals surface area contributed by atoms with Gasteiger partial charge in [-0.15, -0.1) is 0 Å². The zero-order valence-electron chi connectivity index (χ0n) is 16.5. The normalized spacial score (nSPS) is 11.2. The number of hydrogen-bond acceptors (Lipinski definition) is 6. The van der Waals surface area contributed by atoms with Gasteiger partial charge in [-0.05, 0) is 36.4 Å². The lowest BCUT2D eigenvalue weighted by Gasteiger charge is -2.13. The van der Waals surface area contributed by atoms with E-state index >= 15 is 0 Å². The molecule has 0 atom stereocenters. The van der Waals surface area contributed by atoms with Crippen molar-refractivity contribution >= 4 is 55.3 Å². The molecule has 0 radical (unpaired) electrons. The quantitative estimate of drug-likeness (QED) is 0.298. The number of thioether (sulfide) groups is 1. The number of carbonyl (C=O) groups is 1. The largest absolute Gasteiger partial charge is 0.301 e. The number of aromatic nitrogens is 3. The molecule has 0 fully saturated rings. The Balaban J connectivity index is 1.46. The summed E-state index contributed by atoms with van der Waals surface area (Å²) in [7, 11) is 0. The minimum Gasteiger partial charge on any atom is -0.301 e. The first-order valence-corrected chi connectivity index (χ1v) is 11.5. The lowest BCUT2D eigenvalue weighted by atomic mass is 10.2. The number of para-hydroxylation sites is 3. The number of fused-ring (bicyclic) bond motifs is 2. The molecule has 2 aromatic heterocycles. The number of thiazole rings is 1. The van der Waals surface area contributed by atoms with Gasteiger partial charge in [-0.1, -0.05) is 59.5 Å². The van der Waals surface area contributed by atoms with E-state index in [9.17, 15) is 14.0 Å². The summed E-state index contributed by atoms with van der Waals surface area (Å²) in [6, 6.07) is 20.5. The molecule has 0 saturated carbocycles. The Morgan fingerprint density at radius 1 is 0.969 bits per heavy atom. The number of hydrogen-bond donors (Lipinski definition) is 1. The van der Waals surface area contributed by atoms with Crippen LogP contribution in [-0.2, 0) is 4.79 Å². The number of rotatable bonds is 5. The van der Waals surface area contributed by atoms with Gasteiger partial charge in [0.2, 0.25) is 5.91 Å². The van der Waals surface area contributed by atoms with Crippen LogP contribution in [-0.4, -0.2) is 26.2 Å². The first-order chi connectivity index (χ1) is 15.6. The number of nitrogens with one attached hydrogen (secondary N) is 1. The van der Waals surface area contributed by atoms with Crippen LogP contribution in [0.1, 0.15) is 0 Å². The fourth-order valence-corrected chi connectivity index (χ4v) is 4.95. The van der Waals surface area contributed by atoms with Gasteiger partial charge >= 0.3 is 0 Å². The van der Waals surface area contributed by atoms with Crippen LogP contribution in [0.4, 0.5) is 9.52 Å². The van der Waals surface area contributed by atoms with E-state index in [-0.39, 0.29) is 22.5 Å². The minimum atomic E-state index is -0.549. The summed E-state index contributed by atoms with van der Waals surface area (Å²) < 4.78 is 16.7. The molecule has 32 heavy (non-hydrogen) atoms. The molecule has 0 aliphatic carbocycles. The van der Waals surface area contributed by atoms with E-state index in [1.165, 1.54) is 28.0 Å². The second-order valence-corrected chi connectivity index (χ2v) is 8.80. The summed E-state index contributed by atoms with van der Waals surface area (Å²) in [5.41, 5.74) is 0.990. The van der Waals surface area contributed by atoms with Crippen LogP contribution in [0.2, 0.25) is 0 Å². The highest BCUT2D eigenvalue weighted by atomic mass is 32.2. The molecule has 1 N–H and O–H groups in total. The van der Waals surface area contributed by atoms with Gasteiger partial charge in [0.25, 0.3) is 5.56 Å². The van der Waals surface area contributed by atoms with E-state index in [0.717, 1.165) is 22.0 Å². The molecule has 1 amide bonds. The van der Waals surface area contributed by atoms with Gasteiger partial charge in [0.15, 0.2) is 10.3 Å². The van der Waals surface area contributed by atoms with E-state index in [4.69, 9.17) is 0 Å². The second-order valence-electron chi connectivity index (χ2n) is 6.83. The van der Waals surface area contributed by atoms with E-state index in [1.54, 1.807) is 36.4 Å². The number of nitrogens with zero attached hydrogens (tertiary/aromatic N) is 3. The summed E-state index contributed by atoms with van der Waals surface area (Å²) in [5.74, 6) is -0.862. The van der Waals surface area contributed by atoms with Crippen molar-refractivity contribution < 1.29 is 9.18 Å². The Morgan fingerprint density at radius 3 is 2.50 bits per heavy atom. The first kappa shape index (κ1) is 20.3. The second kappa shape index (κ2) is 8.52. The third kappa shape index (κ3) is 3.88. The monoisotopic (exact) mass is 462 g/mol. The molecule has 3 aromatic carbocycles. The third-order valence-corrected chi connectivity index (χ3v) is 6.60. The smallest absolute Gasteiger partial charge is 0.266 e. The summed E-state index contributed by atoms with van der Waals surface area (Å²) in [6.07, 6.45) is 0. The van der Waals surface area contributed by atoms with E-state index in [0.29, 0.717) is 16.0 Å². The van der Waals surface area contributed by atoms with Gasteiger partial charge in [0, 0.05) is 0 Å². The Bertz CT molecular complexity index is 1500. The standard InChI is InChI=1S/C23H15FN4O2S2/c24-15-8-2-5-11-18(15)28-21(30)14-7-1-3-9-16(14)26-23(28)31-13-20(29)27-22-25-17-10-4-6-12-19(17)32-22/h1-12H,13H2,(H,25,27,29). The molecule has 0 spiro atoms. The lowest BCUT2D eigenvalue weighted by molar-refractivity contribution is -0.113. The average molecular weight is 463 g/mol. The van der Waals surface area contributed by atoms with Crippen molar-refractivity contribution in [1.29, 1.82) is 0 Å². The molecular formula is C23H15FN4O2S2. The highest BCUT2D eigenvalue weighted by Crippen LogP contribution is 2.26. The van der Waals surface area contributed by atoms with E-state index in [1.807, 2.05) is 24.3 Å². The summed E-state index contributed by atoms with van der Waals surface area (Å²) in [6.45, 7) is 0. The maximum Gasteiger partial charge on any atom is 0.266 e. The van der Waals surface area contributed by atoms with Gasteiger partial charge < -0.3 is 5.32 Å². The van der Waals surface area contributed by atoms with Crippen molar-refractivity contribution in [2.45, 2.75) is 5.16 Å². The molecule has 0 saturated heterocycles. The number of halogens is 1. The van der Waals surface area contributed by atoms with Crippen LogP contribution < -0.4 is 10.9 Å². The van der Waals surface area contributed by atoms with Crippen LogP contribution in [0.3, 0.4) is 0 Å². The van der Waals surface area contributed by atoms with Gasteiger partial charge in [0.05, 0.1) is 32.6 Å². The zero-order chi connectivity index (χ0) is 22.1. The average Bonchev–Trinajstić information content (AvgIpc) is 3.21. The minimum absolute atomic E-state index is 0.0187. The van der Waals surface area contributed by atoms with E-state index < -0.39 is 11.4 Å². The van der Waals surface area contributed by atoms with E-state index in [2.05, 4.69) is 15.3 Å². The topological polar surface area (TPSA) is 76.9 Å². The maximum absolute atomic E-state index is 14.5. The zero-order valence-corrected chi connectivity index (χ0v) is 18.1. The highest BCUT2D eigenvalue weighted by Gasteiger charge is 2.17. The van der Waals surface area contributed by atoms with Crippen molar-refractivity contribution in [1.82, 2.24) is 14.5 Å². The van der Waals surface area contributed by atoms with Crippen LogP contribution >= 0.6 is 23.1 Å². The number of carbonyl (C=O) groups excluding carboxylic acids is 1. The number of anilines is 1. The lowest BCUT2D eigenvalue weighted by Crippen LogP contribution is -2.23. The molecule has 0 bridgehead atoms. The van der Waals surface area contributed by atoms with Crippen LogP contribution in [0.5, 0.6) is 0 Å². The predicted molar refractivity (Wildman–Crippen MR) is 126 cm³/mol. The molecule has 2 heterocycles. The van der Waals surface area contributed by atoms with Crippen molar-refractivity contribution in [2.24, 2.45) is 0 Å². The Morgan fingerprint density at radius 2 is 1.69 bits per heavy atom. The van der Waals surface area contributed by atoms with Gasteiger partial charge in [-0.2, -0.15) is 0 Å². The van der Waals surface area contributed by atoms with Crippen LogP contribution in [0.25, 0.3) is 26.8 Å². The van der Waals surface area contributed by atoms with Gasteiger partial charge in [-0.3, -0.25) is 14.2 Å². The van der Waals surface area contributed by atoms with Gasteiger partial charge in [-0.25, -0.2) is 14.4 Å². The molecule has 6 nitrogen and oxygen atoms in total. The first-order valence-electron chi connectivity index (χ1n) is 9.65. The Kier molecular flexibility index (Phi) is 5.42. The Labute approximate surface area is 189 Å². The van der Waals surface area contributed by atoms with Gasteiger partial charge in [0.1, 0.15) is 5.82 Å². The molecule has 0 aliphatic heterocycles. The highest BCUT2D eigenvalue weighted by molar-refractivity contribution is 7.99. The number of amides is 1. The van der Waals surface area contributed by atoms with Crippen molar-refractivity contribution in [3.05, 3.63) is 89.0 Å². The summed E-state index contributed by atoms with van der Waals surface area (Å²) in [5, 5.41) is 3.89. The van der Waals surface area contributed by atoms with Crippen molar-refractivity contribution in [3.63, 3.8) is 0 Å².